The van der Waals surface area contributed by atoms with E-state index in [-0.39, 0.29) is 0 Å². The Kier molecular flexibility index (Phi) is 7.90. The van der Waals surface area contributed by atoms with Gasteiger partial charge in [0.05, 0.1) is 27.0 Å². The fraction of sp³-hybridized carbons (Fsp3) is 0.167. The Bertz CT molecular complexity index is 1280. The van der Waals surface area contributed by atoms with Crippen LogP contribution in [0.15, 0.2) is 68.6 Å². The van der Waals surface area contributed by atoms with E-state index in [9.17, 15) is 5.26 Å². The van der Waals surface area contributed by atoms with Crippen LogP contribution in [0.25, 0.3) is 11.3 Å². The molecule has 4 rings (SSSR count). The molecule has 172 valence electrons. The zero-order chi connectivity index (χ0) is 23.9. The van der Waals surface area contributed by atoms with Crippen molar-refractivity contribution in [3.8, 4) is 34.6 Å². The number of aromatic nitrogens is 3. The lowest BCUT2D eigenvalue weighted by molar-refractivity contribution is 0.324. The van der Waals surface area contributed by atoms with Crippen molar-refractivity contribution in [3.63, 3.8) is 0 Å². The minimum Gasteiger partial charge on any atom is -0.493 e. The number of ether oxygens (including phenoxy) is 3. The summed E-state index contributed by atoms with van der Waals surface area (Å²) < 4.78 is 17.3. The second-order valence-electron chi connectivity index (χ2n) is 6.74. The van der Waals surface area contributed by atoms with Gasteiger partial charge in [0.25, 0.3) is 0 Å². The fourth-order valence-corrected chi connectivity index (χ4v) is 5.62. The van der Waals surface area contributed by atoms with E-state index in [2.05, 4.69) is 23.2 Å². The Morgan fingerprint density at radius 2 is 1.74 bits per heavy atom. The van der Waals surface area contributed by atoms with E-state index in [1.54, 1.807) is 39.7 Å². The first-order valence-corrected chi connectivity index (χ1v) is 12.7. The molecule has 0 atom stereocenters. The molecule has 0 saturated heterocycles. The number of thioether (sulfide) groups is 1. The third-order valence-corrected chi connectivity index (χ3v) is 7.50. The maximum absolute atomic E-state index is 10.1. The summed E-state index contributed by atoms with van der Waals surface area (Å²) in [5.41, 5.74) is 2.67. The van der Waals surface area contributed by atoms with Crippen molar-refractivity contribution >= 4 is 34.9 Å². The van der Waals surface area contributed by atoms with Gasteiger partial charge >= 0.3 is 0 Å². The standard InChI is InChI=1S/C24H20N4O3S3/c1-29-18-11-16(12-19(30-2)21(18)31-3)20-17(13-25)22(34-24-26-9-10-32-24)28-23(27-20)33-14-15-7-5-4-6-8-15/h4-12H,14H2,1-3H3. The Hall–Kier alpha value is -3.26. The molecule has 0 unspecified atom stereocenters. The molecule has 2 heterocycles. The number of benzene rings is 2. The topological polar surface area (TPSA) is 90.2 Å². The summed E-state index contributed by atoms with van der Waals surface area (Å²) in [4.78, 5) is 13.8. The van der Waals surface area contributed by atoms with Crippen molar-refractivity contribution in [1.29, 1.82) is 5.26 Å². The number of nitriles is 1. The van der Waals surface area contributed by atoms with Crippen LogP contribution in [0.1, 0.15) is 11.1 Å². The van der Waals surface area contributed by atoms with Gasteiger partial charge in [0, 0.05) is 22.9 Å². The molecule has 2 aromatic heterocycles. The molecule has 34 heavy (non-hydrogen) atoms. The summed E-state index contributed by atoms with van der Waals surface area (Å²) >= 11 is 4.35. The van der Waals surface area contributed by atoms with Crippen molar-refractivity contribution in [3.05, 3.63) is 65.2 Å². The van der Waals surface area contributed by atoms with Crippen molar-refractivity contribution in [2.24, 2.45) is 0 Å². The number of hydrogen-bond donors (Lipinski definition) is 0. The molecule has 0 aliphatic heterocycles. The smallest absolute Gasteiger partial charge is 0.203 e. The Balaban J connectivity index is 1.84. The van der Waals surface area contributed by atoms with Crippen LogP contribution in [0.4, 0.5) is 0 Å². The van der Waals surface area contributed by atoms with Crippen LogP contribution in [0.3, 0.4) is 0 Å². The molecule has 0 bridgehead atoms. The third-order valence-electron chi connectivity index (χ3n) is 4.71. The number of methoxy groups -OCH3 is 3. The van der Waals surface area contributed by atoms with Crippen LogP contribution in [-0.4, -0.2) is 36.3 Å². The summed E-state index contributed by atoms with van der Waals surface area (Å²) in [5, 5.41) is 13.1. The lowest BCUT2D eigenvalue weighted by Gasteiger charge is -2.15. The van der Waals surface area contributed by atoms with Gasteiger partial charge in [0.15, 0.2) is 21.0 Å². The van der Waals surface area contributed by atoms with E-state index < -0.39 is 0 Å². The van der Waals surface area contributed by atoms with Gasteiger partial charge in [0.1, 0.15) is 16.7 Å². The largest absolute Gasteiger partial charge is 0.493 e. The summed E-state index contributed by atoms with van der Waals surface area (Å²) in [6.45, 7) is 0. The number of rotatable bonds is 9. The average molecular weight is 509 g/mol. The fourth-order valence-electron chi connectivity index (χ4n) is 3.15. The predicted molar refractivity (Wildman–Crippen MR) is 134 cm³/mol. The highest BCUT2D eigenvalue weighted by atomic mass is 32.2. The summed E-state index contributed by atoms with van der Waals surface area (Å²) in [6.07, 6.45) is 1.73. The molecule has 2 aromatic carbocycles. The highest BCUT2D eigenvalue weighted by Gasteiger charge is 2.22. The molecule has 10 heteroatoms. The minimum atomic E-state index is 0.360. The van der Waals surface area contributed by atoms with Crippen molar-refractivity contribution in [2.75, 3.05) is 21.3 Å². The van der Waals surface area contributed by atoms with Crippen molar-refractivity contribution in [2.45, 2.75) is 20.3 Å². The number of hydrogen-bond acceptors (Lipinski definition) is 10. The molecule has 7 nitrogen and oxygen atoms in total. The highest BCUT2D eigenvalue weighted by molar-refractivity contribution is 8.01. The van der Waals surface area contributed by atoms with Gasteiger partial charge < -0.3 is 14.2 Å². The van der Waals surface area contributed by atoms with E-state index in [4.69, 9.17) is 24.2 Å². The number of nitrogens with zero attached hydrogens (tertiary/aromatic N) is 4. The molecule has 0 saturated carbocycles. The first-order chi connectivity index (χ1) is 16.7. The molecular formula is C24H20N4O3S3. The molecule has 0 aliphatic rings. The average Bonchev–Trinajstić information content (AvgIpc) is 3.40. The quantitative estimate of drug-likeness (QED) is 0.155. The first-order valence-electron chi connectivity index (χ1n) is 10.0. The van der Waals surface area contributed by atoms with Crippen molar-refractivity contribution in [1.82, 2.24) is 15.0 Å². The molecule has 0 spiro atoms. The van der Waals surface area contributed by atoms with Crippen LogP contribution in [0, 0.1) is 11.3 Å². The van der Waals surface area contributed by atoms with Gasteiger partial charge in [0.2, 0.25) is 5.75 Å². The molecule has 0 fully saturated rings. The zero-order valence-electron chi connectivity index (χ0n) is 18.6. The SMILES string of the molecule is COc1cc(-c2nc(SCc3ccccc3)nc(Sc3nccs3)c2C#N)cc(OC)c1OC. The Labute approximate surface area is 210 Å². The van der Waals surface area contributed by atoms with Crippen LogP contribution < -0.4 is 14.2 Å². The molecule has 0 amide bonds. The van der Waals surface area contributed by atoms with Gasteiger partial charge in [-0.2, -0.15) is 5.26 Å². The van der Waals surface area contributed by atoms with E-state index in [1.807, 2.05) is 23.6 Å². The van der Waals surface area contributed by atoms with Crippen LogP contribution in [-0.2, 0) is 5.75 Å². The lowest BCUT2D eigenvalue weighted by atomic mass is 10.1. The molecule has 4 aromatic rings. The first kappa shape index (κ1) is 23.9. The molecule has 0 radical (unpaired) electrons. The molecular weight excluding hydrogens is 488 g/mol. The summed E-state index contributed by atoms with van der Waals surface area (Å²) in [5.74, 6) is 2.12. The maximum atomic E-state index is 10.1. The van der Waals surface area contributed by atoms with Crippen LogP contribution in [0.2, 0.25) is 0 Å². The summed E-state index contributed by atoms with van der Waals surface area (Å²) in [7, 11) is 4.65. The monoisotopic (exact) mass is 508 g/mol. The minimum absolute atomic E-state index is 0.360. The van der Waals surface area contributed by atoms with Gasteiger partial charge in [-0.15, -0.1) is 11.3 Å². The third kappa shape index (κ3) is 5.28. The van der Waals surface area contributed by atoms with E-state index in [0.29, 0.717) is 50.0 Å². The predicted octanol–water partition coefficient (Wildman–Crippen LogP) is 5.94. The molecule has 0 N–H and O–H groups in total. The van der Waals surface area contributed by atoms with E-state index in [1.165, 1.54) is 34.9 Å². The Morgan fingerprint density at radius 1 is 1.00 bits per heavy atom. The van der Waals surface area contributed by atoms with Gasteiger partial charge in [-0.05, 0) is 29.5 Å². The van der Waals surface area contributed by atoms with Gasteiger partial charge in [-0.25, -0.2) is 15.0 Å². The number of thiazole rings is 1. The van der Waals surface area contributed by atoms with Gasteiger partial charge in [-0.3, -0.25) is 0 Å². The van der Waals surface area contributed by atoms with Crippen LogP contribution in [0.5, 0.6) is 17.2 Å². The maximum Gasteiger partial charge on any atom is 0.203 e. The normalized spacial score (nSPS) is 10.5. The molecule has 0 aliphatic carbocycles. The summed E-state index contributed by atoms with van der Waals surface area (Å²) in [6, 6.07) is 16.0. The second kappa shape index (κ2) is 11.2. The zero-order valence-corrected chi connectivity index (χ0v) is 21.1. The van der Waals surface area contributed by atoms with E-state index in [0.717, 1.165) is 9.90 Å². The van der Waals surface area contributed by atoms with Crippen LogP contribution >= 0.6 is 34.9 Å². The van der Waals surface area contributed by atoms with Crippen molar-refractivity contribution < 1.29 is 14.2 Å². The van der Waals surface area contributed by atoms with Gasteiger partial charge in [-0.1, -0.05) is 42.1 Å². The Morgan fingerprint density at radius 3 is 2.32 bits per heavy atom. The lowest BCUT2D eigenvalue weighted by Crippen LogP contribution is -2.01. The van der Waals surface area contributed by atoms with E-state index >= 15 is 0 Å². The second-order valence-corrected chi connectivity index (χ2v) is 9.81. The highest BCUT2D eigenvalue weighted by Crippen LogP contribution is 2.43.